The number of hydrogen-bond acceptors (Lipinski definition) is 5. The van der Waals surface area contributed by atoms with Gasteiger partial charge < -0.3 is 5.32 Å². The number of hydrogen-bond donors (Lipinski definition) is 2. The van der Waals surface area contributed by atoms with E-state index < -0.39 is 0 Å². The van der Waals surface area contributed by atoms with Crippen molar-refractivity contribution in [2.45, 2.75) is 20.3 Å². The molecule has 2 aromatic heterocycles. The molecule has 2 N–H and O–H groups in total. The molecule has 0 aliphatic heterocycles. The van der Waals surface area contributed by atoms with Gasteiger partial charge in [0.1, 0.15) is 5.01 Å². The van der Waals surface area contributed by atoms with Crippen molar-refractivity contribution >= 4 is 28.2 Å². The summed E-state index contributed by atoms with van der Waals surface area (Å²) in [7, 11) is 0. The summed E-state index contributed by atoms with van der Waals surface area (Å²) in [6, 6.07) is 11.2. The number of carbonyl (C=O) groups is 1. The van der Waals surface area contributed by atoms with E-state index in [1.807, 2.05) is 30.3 Å². The summed E-state index contributed by atoms with van der Waals surface area (Å²) in [5.41, 5.74) is 2.88. The topological polar surface area (TPSA) is 79.8 Å². The van der Waals surface area contributed by atoms with Gasteiger partial charge in [0.2, 0.25) is 5.13 Å². The fourth-order valence-electron chi connectivity index (χ4n) is 2.39. The zero-order valence-electron chi connectivity index (χ0n) is 14.1. The highest BCUT2D eigenvalue weighted by Gasteiger charge is 2.10. The molecule has 0 unspecified atom stereocenters. The van der Waals surface area contributed by atoms with Crippen molar-refractivity contribution < 1.29 is 4.79 Å². The average molecular weight is 353 g/mol. The molecule has 3 aromatic rings. The Morgan fingerprint density at radius 2 is 1.92 bits per heavy atom. The van der Waals surface area contributed by atoms with Crippen LogP contribution in [-0.2, 0) is 6.42 Å². The quantitative estimate of drug-likeness (QED) is 0.710. The molecule has 128 valence electrons. The van der Waals surface area contributed by atoms with Crippen LogP contribution >= 0.6 is 11.3 Å². The van der Waals surface area contributed by atoms with E-state index in [4.69, 9.17) is 0 Å². The van der Waals surface area contributed by atoms with Gasteiger partial charge in [0.05, 0.1) is 0 Å². The number of nitrogens with one attached hydrogen (secondary N) is 2. The molecule has 0 saturated carbocycles. The van der Waals surface area contributed by atoms with E-state index in [1.165, 1.54) is 16.9 Å². The fraction of sp³-hybridized carbons (Fsp3) is 0.222. The molecular formula is C18H19N5OS. The maximum absolute atomic E-state index is 12.2. The van der Waals surface area contributed by atoms with Crippen LogP contribution < -0.4 is 10.6 Å². The minimum atomic E-state index is -0.334. The Hall–Kier alpha value is -2.80. The molecule has 0 fully saturated rings. The van der Waals surface area contributed by atoms with Gasteiger partial charge in [0.25, 0.3) is 0 Å². The van der Waals surface area contributed by atoms with Crippen LogP contribution in [0.4, 0.5) is 15.6 Å². The second-order valence-electron chi connectivity index (χ2n) is 6.03. The number of anilines is 2. The first kappa shape index (κ1) is 17.0. The second kappa shape index (κ2) is 7.85. The molecule has 0 saturated heterocycles. The number of benzene rings is 1. The molecule has 0 aliphatic rings. The van der Waals surface area contributed by atoms with Gasteiger partial charge in [-0.2, -0.15) is 0 Å². The van der Waals surface area contributed by atoms with Crippen molar-refractivity contribution in [3.05, 3.63) is 54.4 Å². The molecular weight excluding hydrogens is 334 g/mol. The van der Waals surface area contributed by atoms with E-state index in [-0.39, 0.29) is 6.03 Å². The first-order valence-electron chi connectivity index (χ1n) is 8.01. The molecule has 0 bridgehead atoms. The van der Waals surface area contributed by atoms with Crippen LogP contribution in [0.15, 0.2) is 48.8 Å². The largest absolute Gasteiger partial charge is 0.325 e. The van der Waals surface area contributed by atoms with Gasteiger partial charge in [-0.05, 0) is 42.2 Å². The molecule has 3 rings (SSSR count). The van der Waals surface area contributed by atoms with E-state index in [0.717, 1.165) is 22.7 Å². The second-order valence-corrected chi connectivity index (χ2v) is 7.00. The van der Waals surface area contributed by atoms with Crippen LogP contribution in [-0.4, -0.2) is 21.2 Å². The summed E-state index contributed by atoms with van der Waals surface area (Å²) < 4.78 is 0. The Labute approximate surface area is 150 Å². The molecule has 0 atom stereocenters. The van der Waals surface area contributed by atoms with E-state index in [0.29, 0.717) is 11.0 Å². The number of urea groups is 1. The summed E-state index contributed by atoms with van der Waals surface area (Å²) in [4.78, 5) is 16.1. The van der Waals surface area contributed by atoms with Gasteiger partial charge >= 0.3 is 6.03 Å². The van der Waals surface area contributed by atoms with Gasteiger partial charge in [0, 0.05) is 23.6 Å². The smallest absolute Gasteiger partial charge is 0.308 e. The number of aromatic nitrogens is 3. The Morgan fingerprint density at radius 1 is 1.12 bits per heavy atom. The zero-order valence-corrected chi connectivity index (χ0v) is 14.9. The standard InChI is InChI=1S/C18H19N5OS/c1-12(2)10-13-4-3-5-15(11-13)20-17(24)21-18-23-22-16(25-18)14-6-8-19-9-7-14/h3-9,11-12H,10H2,1-2H3,(H2,20,21,23,24). The van der Waals surface area contributed by atoms with E-state index in [1.54, 1.807) is 12.4 Å². The highest BCUT2D eigenvalue weighted by Crippen LogP contribution is 2.25. The van der Waals surface area contributed by atoms with Crippen LogP contribution in [0, 0.1) is 5.92 Å². The lowest BCUT2D eigenvalue weighted by molar-refractivity contribution is 0.262. The highest BCUT2D eigenvalue weighted by molar-refractivity contribution is 7.18. The van der Waals surface area contributed by atoms with Crippen LogP contribution in [0.1, 0.15) is 19.4 Å². The van der Waals surface area contributed by atoms with Gasteiger partial charge in [0.15, 0.2) is 0 Å². The minimum absolute atomic E-state index is 0.334. The van der Waals surface area contributed by atoms with Gasteiger partial charge in [-0.25, -0.2) is 4.79 Å². The Bertz CT molecular complexity index is 847. The van der Waals surface area contributed by atoms with Gasteiger partial charge in [-0.1, -0.05) is 37.3 Å². The monoisotopic (exact) mass is 353 g/mol. The highest BCUT2D eigenvalue weighted by atomic mass is 32.1. The summed E-state index contributed by atoms with van der Waals surface area (Å²) in [6.45, 7) is 4.34. The fourth-order valence-corrected chi connectivity index (χ4v) is 3.14. The normalized spacial score (nSPS) is 10.7. The van der Waals surface area contributed by atoms with Crippen molar-refractivity contribution in [2.24, 2.45) is 5.92 Å². The Balaban J connectivity index is 1.62. The third-order valence-corrected chi connectivity index (χ3v) is 4.29. The van der Waals surface area contributed by atoms with Crippen LogP contribution in [0.2, 0.25) is 0 Å². The van der Waals surface area contributed by atoms with E-state index >= 15 is 0 Å². The number of carbonyl (C=O) groups excluding carboxylic acids is 1. The molecule has 2 heterocycles. The van der Waals surface area contributed by atoms with E-state index in [9.17, 15) is 4.79 Å². The molecule has 7 heteroatoms. The molecule has 2 amide bonds. The predicted octanol–water partition coefficient (Wildman–Crippen LogP) is 4.44. The molecule has 0 aliphatic carbocycles. The molecule has 0 spiro atoms. The lowest BCUT2D eigenvalue weighted by atomic mass is 10.0. The molecule has 6 nitrogen and oxygen atoms in total. The Kier molecular flexibility index (Phi) is 5.35. The Morgan fingerprint density at radius 3 is 2.68 bits per heavy atom. The molecule has 0 radical (unpaired) electrons. The lowest BCUT2D eigenvalue weighted by Gasteiger charge is -2.09. The van der Waals surface area contributed by atoms with Crippen molar-refractivity contribution in [2.75, 3.05) is 10.6 Å². The maximum Gasteiger partial charge on any atom is 0.325 e. The van der Waals surface area contributed by atoms with Crippen molar-refractivity contribution in [1.82, 2.24) is 15.2 Å². The number of pyridine rings is 1. The van der Waals surface area contributed by atoms with Crippen molar-refractivity contribution in [3.63, 3.8) is 0 Å². The van der Waals surface area contributed by atoms with Crippen LogP contribution in [0.25, 0.3) is 10.6 Å². The van der Waals surface area contributed by atoms with Gasteiger partial charge in [-0.15, -0.1) is 10.2 Å². The predicted molar refractivity (Wildman–Crippen MR) is 101 cm³/mol. The summed E-state index contributed by atoms with van der Waals surface area (Å²) >= 11 is 1.31. The summed E-state index contributed by atoms with van der Waals surface area (Å²) in [6.07, 6.45) is 4.37. The zero-order chi connectivity index (χ0) is 17.6. The maximum atomic E-state index is 12.2. The van der Waals surface area contributed by atoms with Crippen LogP contribution in [0.3, 0.4) is 0 Å². The lowest BCUT2D eigenvalue weighted by Crippen LogP contribution is -2.19. The number of rotatable bonds is 5. The van der Waals surface area contributed by atoms with Gasteiger partial charge in [-0.3, -0.25) is 10.3 Å². The first-order valence-corrected chi connectivity index (χ1v) is 8.82. The first-order chi connectivity index (χ1) is 12.1. The summed E-state index contributed by atoms with van der Waals surface area (Å²) in [5.74, 6) is 0.567. The number of amides is 2. The molecule has 1 aromatic carbocycles. The minimum Gasteiger partial charge on any atom is -0.308 e. The van der Waals surface area contributed by atoms with E-state index in [2.05, 4.69) is 45.7 Å². The number of nitrogens with zero attached hydrogens (tertiary/aromatic N) is 3. The average Bonchev–Trinajstić information content (AvgIpc) is 3.03. The van der Waals surface area contributed by atoms with Crippen LogP contribution in [0.5, 0.6) is 0 Å². The third-order valence-electron chi connectivity index (χ3n) is 3.40. The third kappa shape index (κ3) is 4.84. The summed E-state index contributed by atoms with van der Waals surface area (Å²) in [5, 5.41) is 14.8. The van der Waals surface area contributed by atoms with Crippen molar-refractivity contribution in [1.29, 1.82) is 0 Å². The SMILES string of the molecule is CC(C)Cc1cccc(NC(=O)Nc2nnc(-c3ccncc3)s2)c1. The molecule has 25 heavy (non-hydrogen) atoms. The van der Waals surface area contributed by atoms with Crippen molar-refractivity contribution in [3.8, 4) is 10.6 Å².